The van der Waals surface area contributed by atoms with Crippen molar-refractivity contribution in [1.82, 2.24) is 4.98 Å². The highest BCUT2D eigenvalue weighted by Crippen LogP contribution is 2.18. The van der Waals surface area contributed by atoms with E-state index in [9.17, 15) is 0 Å². The Hall–Kier alpha value is -1.15. The van der Waals surface area contributed by atoms with Crippen molar-refractivity contribution in [3.05, 3.63) is 54.2 Å². The van der Waals surface area contributed by atoms with Crippen molar-refractivity contribution in [1.29, 1.82) is 0 Å². The second kappa shape index (κ2) is 4.38. The van der Waals surface area contributed by atoms with Gasteiger partial charge < -0.3 is 0 Å². The molecule has 0 N–H and O–H groups in total. The zero-order chi connectivity index (χ0) is 9.80. The molecule has 1 aromatic carbocycles. The van der Waals surface area contributed by atoms with E-state index in [0.29, 0.717) is 0 Å². The smallest absolute Gasteiger partial charge is 0.0702 e. The number of halogens is 1. The van der Waals surface area contributed by atoms with Crippen LogP contribution in [0.25, 0.3) is 11.3 Å². The van der Waals surface area contributed by atoms with Gasteiger partial charge in [0.15, 0.2) is 0 Å². The number of nitrogens with zero attached hydrogens (tertiary/aromatic N) is 1. The Labute approximate surface area is 91.9 Å². The van der Waals surface area contributed by atoms with E-state index in [2.05, 4.69) is 45.2 Å². The maximum atomic E-state index is 4.31. The third-order valence-corrected chi connectivity index (χ3v) is 2.69. The van der Waals surface area contributed by atoms with Crippen LogP contribution in [0.3, 0.4) is 0 Å². The Balaban J connectivity index is 2.42. The molecule has 0 fully saturated rings. The molecule has 0 saturated carbocycles. The second-order valence-electron chi connectivity index (χ2n) is 3.05. The molecule has 1 nitrogen and oxygen atoms in total. The minimum atomic E-state index is 0.883. The SMILES string of the molecule is BrCc1cccc(-c2ccccn2)c1. The van der Waals surface area contributed by atoms with Crippen LogP contribution in [-0.2, 0) is 5.33 Å². The van der Waals surface area contributed by atoms with Crippen LogP contribution >= 0.6 is 15.9 Å². The van der Waals surface area contributed by atoms with Crippen LogP contribution in [0.15, 0.2) is 48.7 Å². The second-order valence-corrected chi connectivity index (χ2v) is 3.61. The van der Waals surface area contributed by atoms with Gasteiger partial charge in [-0.25, -0.2) is 0 Å². The first kappa shape index (κ1) is 9.41. The van der Waals surface area contributed by atoms with Crippen LogP contribution in [0.4, 0.5) is 0 Å². The van der Waals surface area contributed by atoms with E-state index in [1.807, 2.05) is 24.4 Å². The minimum absolute atomic E-state index is 0.883. The fourth-order valence-electron chi connectivity index (χ4n) is 1.35. The van der Waals surface area contributed by atoms with Gasteiger partial charge in [-0.15, -0.1) is 0 Å². The molecular formula is C12H10BrN. The number of aromatic nitrogens is 1. The van der Waals surface area contributed by atoms with Crippen LogP contribution < -0.4 is 0 Å². The van der Waals surface area contributed by atoms with Crippen LogP contribution in [0.2, 0.25) is 0 Å². The van der Waals surface area contributed by atoms with Crippen molar-refractivity contribution in [2.45, 2.75) is 5.33 Å². The van der Waals surface area contributed by atoms with E-state index < -0.39 is 0 Å². The highest BCUT2D eigenvalue weighted by Gasteiger charge is 1.98. The van der Waals surface area contributed by atoms with E-state index in [1.165, 1.54) is 11.1 Å². The Bertz CT molecular complexity index is 412. The third-order valence-electron chi connectivity index (χ3n) is 2.04. The number of alkyl halides is 1. The molecule has 0 spiro atoms. The molecular weight excluding hydrogens is 238 g/mol. The van der Waals surface area contributed by atoms with Gasteiger partial charge in [-0.1, -0.05) is 40.2 Å². The number of hydrogen-bond donors (Lipinski definition) is 0. The Morgan fingerprint density at radius 3 is 2.71 bits per heavy atom. The highest BCUT2D eigenvalue weighted by atomic mass is 79.9. The molecule has 14 heavy (non-hydrogen) atoms. The maximum absolute atomic E-state index is 4.31. The average molecular weight is 248 g/mol. The molecule has 70 valence electrons. The van der Waals surface area contributed by atoms with Gasteiger partial charge in [-0.3, -0.25) is 4.98 Å². The predicted molar refractivity (Wildman–Crippen MR) is 62.3 cm³/mol. The molecule has 0 radical (unpaired) electrons. The van der Waals surface area contributed by atoms with Gasteiger partial charge in [0.05, 0.1) is 5.69 Å². The Kier molecular flexibility index (Phi) is 2.94. The van der Waals surface area contributed by atoms with Crippen molar-refractivity contribution in [3.63, 3.8) is 0 Å². The van der Waals surface area contributed by atoms with Crippen molar-refractivity contribution in [2.24, 2.45) is 0 Å². The zero-order valence-electron chi connectivity index (χ0n) is 7.65. The fraction of sp³-hybridized carbons (Fsp3) is 0.0833. The largest absolute Gasteiger partial charge is 0.256 e. The van der Waals surface area contributed by atoms with E-state index in [1.54, 1.807) is 0 Å². The third kappa shape index (κ3) is 2.02. The van der Waals surface area contributed by atoms with Crippen molar-refractivity contribution in [3.8, 4) is 11.3 Å². The summed E-state index contributed by atoms with van der Waals surface area (Å²) in [5, 5.41) is 0.883. The van der Waals surface area contributed by atoms with Gasteiger partial charge in [0, 0.05) is 17.1 Å². The summed E-state index contributed by atoms with van der Waals surface area (Å²) in [5.74, 6) is 0. The molecule has 2 rings (SSSR count). The Morgan fingerprint density at radius 2 is 2.00 bits per heavy atom. The minimum Gasteiger partial charge on any atom is -0.256 e. The lowest BCUT2D eigenvalue weighted by molar-refractivity contribution is 1.32. The Morgan fingerprint density at radius 1 is 1.07 bits per heavy atom. The number of benzene rings is 1. The zero-order valence-corrected chi connectivity index (χ0v) is 9.24. The molecule has 0 aliphatic rings. The quantitative estimate of drug-likeness (QED) is 0.739. The molecule has 0 saturated heterocycles. The molecule has 1 heterocycles. The molecule has 0 aliphatic heterocycles. The van der Waals surface area contributed by atoms with Crippen molar-refractivity contribution < 1.29 is 0 Å². The van der Waals surface area contributed by atoms with Gasteiger partial charge in [-0.2, -0.15) is 0 Å². The van der Waals surface area contributed by atoms with Crippen LogP contribution in [0, 0.1) is 0 Å². The normalized spacial score (nSPS) is 10.1. The predicted octanol–water partition coefficient (Wildman–Crippen LogP) is 3.64. The lowest BCUT2D eigenvalue weighted by atomic mass is 10.1. The molecule has 1 aromatic heterocycles. The van der Waals surface area contributed by atoms with Gasteiger partial charge in [0.2, 0.25) is 0 Å². The van der Waals surface area contributed by atoms with Gasteiger partial charge in [0.1, 0.15) is 0 Å². The molecule has 0 amide bonds. The first-order valence-electron chi connectivity index (χ1n) is 4.46. The molecule has 0 aliphatic carbocycles. The van der Waals surface area contributed by atoms with E-state index in [0.717, 1.165) is 11.0 Å². The molecule has 0 atom stereocenters. The highest BCUT2D eigenvalue weighted by molar-refractivity contribution is 9.08. The maximum Gasteiger partial charge on any atom is 0.0702 e. The van der Waals surface area contributed by atoms with Gasteiger partial charge in [0.25, 0.3) is 0 Å². The van der Waals surface area contributed by atoms with Crippen LogP contribution in [-0.4, -0.2) is 4.98 Å². The standard InChI is InChI=1S/C12H10BrN/c13-9-10-4-3-5-11(8-10)12-6-1-2-7-14-12/h1-8H,9H2. The molecule has 0 bridgehead atoms. The first-order valence-corrected chi connectivity index (χ1v) is 5.58. The topological polar surface area (TPSA) is 12.9 Å². The summed E-state index contributed by atoms with van der Waals surface area (Å²) in [4.78, 5) is 4.31. The fourth-order valence-corrected chi connectivity index (χ4v) is 1.70. The van der Waals surface area contributed by atoms with E-state index in [-0.39, 0.29) is 0 Å². The van der Waals surface area contributed by atoms with Gasteiger partial charge in [-0.05, 0) is 23.8 Å². The molecule has 2 heteroatoms. The van der Waals surface area contributed by atoms with E-state index in [4.69, 9.17) is 0 Å². The summed E-state index contributed by atoms with van der Waals surface area (Å²) in [6, 6.07) is 14.3. The summed E-state index contributed by atoms with van der Waals surface area (Å²) < 4.78 is 0. The number of pyridine rings is 1. The van der Waals surface area contributed by atoms with Crippen LogP contribution in [0.5, 0.6) is 0 Å². The molecule has 2 aromatic rings. The lowest BCUT2D eigenvalue weighted by Crippen LogP contribution is -1.83. The molecule has 0 unspecified atom stereocenters. The summed E-state index contributed by atoms with van der Waals surface area (Å²) in [6.45, 7) is 0. The summed E-state index contributed by atoms with van der Waals surface area (Å²) >= 11 is 3.44. The van der Waals surface area contributed by atoms with Gasteiger partial charge >= 0.3 is 0 Å². The van der Waals surface area contributed by atoms with Crippen molar-refractivity contribution in [2.75, 3.05) is 0 Å². The monoisotopic (exact) mass is 247 g/mol. The summed E-state index contributed by atoms with van der Waals surface area (Å²) in [7, 11) is 0. The average Bonchev–Trinajstić information content (AvgIpc) is 2.30. The lowest BCUT2D eigenvalue weighted by Gasteiger charge is -2.01. The first-order chi connectivity index (χ1) is 6.90. The number of rotatable bonds is 2. The van der Waals surface area contributed by atoms with Crippen molar-refractivity contribution >= 4 is 15.9 Å². The van der Waals surface area contributed by atoms with Crippen LogP contribution in [0.1, 0.15) is 5.56 Å². The number of hydrogen-bond acceptors (Lipinski definition) is 1. The summed E-state index contributed by atoms with van der Waals surface area (Å²) in [5.41, 5.74) is 3.46. The van der Waals surface area contributed by atoms with E-state index >= 15 is 0 Å². The summed E-state index contributed by atoms with van der Waals surface area (Å²) in [6.07, 6.45) is 1.82.